The second-order valence-electron chi connectivity index (χ2n) is 5.01. The Morgan fingerprint density at radius 1 is 1.36 bits per heavy atom. The van der Waals surface area contributed by atoms with Crippen LogP contribution >= 0.6 is 0 Å². The van der Waals surface area contributed by atoms with Crippen molar-refractivity contribution in [3.8, 4) is 11.5 Å². The number of ether oxygens (including phenoxy) is 2. The number of aromatic amines is 1. The summed E-state index contributed by atoms with van der Waals surface area (Å²) in [6.45, 7) is 0.581. The average molecular weight is 351 g/mol. The Labute approximate surface area is 162 Å². The third kappa shape index (κ3) is 3.18. The monoisotopic (exact) mass is 351 g/mol. The fourth-order valence-corrected chi connectivity index (χ4v) is 2.31. The first-order chi connectivity index (χ1) is 11.6. The fraction of sp³-hybridized carbons (Fsp3) is 0.143. The van der Waals surface area contributed by atoms with E-state index in [-0.39, 0.29) is 48.1 Å². The van der Waals surface area contributed by atoms with Crippen LogP contribution in [0.5, 0.6) is 11.5 Å². The number of aromatic nitrogens is 4. The van der Waals surface area contributed by atoms with Crippen molar-refractivity contribution in [1.82, 2.24) is 19.6 Å². The van der Waals surface area contributed by atoms with Crippen LogP contribution < -0.4 is 55.0 Å². The summed E-state index contributed by atoms with van der Waals surface area (Å²) in [7, 11) is 0. The Morgan fingerprint density at radius 2 is 2.16 bits per heavy atom. The van der Waals surface area contributed by atoms with Crippen LogP contribution in [0.4, 0.5) is 5.95 Å². The number of hydrogen-bond donors (Lipinski definition) is 2. The smallest absolute Gasteiger partial charge is 0.545 e. The van der Waals surface area contributed by atoms with Gasteiger partial charge in [0.05, 0.1) is 11.5 Å². The predicted molar refractivity (Wildman–Crippen MR) is 77.8 cm³/mol. The second-order valence-corrected chi connectivity index (χ2v) is 5.01. The largest absolute Gasteiger partial charge is 1.00 e. The van der Waals surface area contributed by atoms with Crippen LogP contribution in [0.15, 0.2) is 29.2 Å². The molecule has 0 saturated heterocycles. The van der Waals surface area contributed by atoms with Crippen molar-refractivity contribution in [2.75, 3.05) is 12.1 Å². The summed E-state index contributed by atoms with van der Waals surface area (Å²) in [5, 5.41) is 17.7. The van der Waals surface area contributed by atoms with Gasteiger partial charge >= 0.3 is 29.6 Å². The van der Waals surface area contributed by atoms with Crippen LogP contribution in [0.2, 0.25) is 0 Å². The van der Waals surface area contributed by atoms with Crippen molar-refractivity contribution in [2.24, 2.45) is 0 Å². The molecule has 2 N–H and O–H groups in total. The molecule has 122 valence electrons. The van der Waals surface area contributed by atoms with Crippen molar-refractivity contribution in [2.45, 2.75) is 6.54 Å². The molecule has 0 radical (unpaired) electrons. The van der Waals surface area contributed by atoms with E-state index in [1.165, 1.54) is 0 Å². The normalized spacial score (nSPS) is 12.0. The summed E-state index contributed by atoms with van der Waals surface area (Å²) in [6, 6.07) is 5.48. The molecular weight excluding hydrogens is 341 g/mol. The molecule has 0 amide bonds. The fourth-order valence-electron chi connectivity index (χ4n) is 2.31. The molecule has 0 aliphatic carbocycles. The third-order valence-electron chi connectivity index (χ3n) is 3.48. The average Bonchev–Trinajstić information content (AvgIpc) is 3.19. The van der Waals surface area contributed by atoms with Crippen molar-refractivity contribution < 1.29 is 48.9 Å². The van der Waals surface area contributed by atoms with E-state index in [0.717, 1.165) is 16.3 Å². The Balaban J connectivity index is 0.00000182. The summed E-state index contributed by atoms with van der Waals surface area (Å²) >= 11 is 0. The molecule has 0 atom stereocenters. The van der Waals surface area contributed by atoms with Crippen molar-refractivity contribution in [3.63, 3.8) is 0 Å². The minimum atomic E-state index is -1.58. The number of rotatable bonds is 4. The van der Waals surface area contributed by atoms with E-state index in [2.05, 4.69) is 20.4 Å². The Bertz CT molecular complexity index is 1010. The molecule has 3 aromatic rings. The van der Waals surface area contributed by atoms with E-state index in [9.17, 15) is 14.7 Å². The number of fused-ring (bicyclic) bond motifs is 2. The van der Waals surface area contributed by atoms with E-state index in [4.69, 9.17) is 9.47 Å². The molecule has 1 aliphatic rings. The summed E-state index contributed by atoms with van der Waals surface area (Å²) < 4.78 is 11.4. The number of carboxylic acids is 1. The summed E-state index contributed by atoms with van der Waals surface area (Å²) in [6.07, 6.45) is 1.03. The van der Waals surface area contributed by atoms with Crippen molar-refractivity contribution in [1.29, 1.82) is 0 Å². The number of hydrogen-bond acceptors (Lipinski definition) is 8. The number of carbonyl (C=O) groups is 1. The SMILES string of the molecule is O=C([O-])c1c[nH]c2nc(NCc3ccc4c(c3)OCO4)nn2c1=O.[Na+]. The number of anilines is 1. The molecule has 3 heterocycles. The van der Waals surface area contributed by atoms with E-state index in [0.29, 0.717) is 18.0 Å². The van der Waals surface area contributed by atoms with Crippen LogP contribution in [-0.2, 0) is 6.54 Å². The van der Waals surface area contributed by atoms with Crippen LogP contribution in [0, 0.1) is 0 Å². The van der Waals surface area contributed by atoms with Gasteiger partial charge in [0.25, 0.3) is 5.56 Å². The second kappa shape index (κ2) is 6.75. The zero-order chi connectivity index (χ0) is 16.7. The minimum Gasteiger partial charge on any atom is -0.545 e. The third-order valence-corrected chi connectivity index (χ3v) is 3.48. The number of nitrogens with zero attached hydrogens (tertiary/aromatic N) is 3. The Morgan fingerprint density at radius 3 is 2.96 bits per heavy atom. The quantitative estimate of drug-likeness (QED) is 0.456. The van der Waals surface area contributed by atoms with Gasteiger partial charge in [-0.05, 0) is 17.7 Å². The zero-order valence-electron chi connectivity index (χ0n) is 13.1. The minimum absolute atomic E-state index is 0. The van der Waals surface area contributed by atoms with Gasteiger partial charge in [-0.25, -0.2) is 0 Å². The van der Waals surface area contributed by atoms with Gasteiger partial charge in [-0.15, -0.1) is 5.10 Å². The van der Waals surface area contributed by atoms with E-state index in [1.807, 2.05) is 12.1 Å². The topological polar surface area (TPSA) is 134 Å². The molecule has 25 heavy (non-hydrogen) atoms. The van der Waals surface area contributed by atoms with E-state index in [1.54, 1.807) is 6.07 Å². The first-order valence-electron chi connectivity index (χ1n) is 6.94. The molecule has 0 bridgehead atoms. The number of benzene rings is 1. The van der Waals surface area contributed by atoms with Crippen molar-refractivity contribution in [3.05, 3.63) is 45.9 Å². The maximum absolute atomic E-state index is 11.9. The molecule has 0 saturated carbocycles. The Hall–Kier alpha value is -2.56. The summed E-state index contributed by atoms with van der Waals surface area (Å²) in [5.74, 6) is 0.0641. The molecule has 2 aromatic heterocycles. The van der Waals surface area contributed by atoms with Crippen LogP contribution in [0.3, 0.4) is 0 Å². The molecule has 10 nitrogen and oxygen atoms in total. The number of aromatic carboxylic acids is 1. The molecule has 1 aromatic carbocycles. The van der Waals surface area contributed by atoms with E-state index >= 15 is 0 Å². The van der Waals surface area contributed by atoms with Gasteiger partial charge in [-0.3, -0.25) is 4.79 Å². The standard InChI is InChI=1S/C14H11N5O5.Na/c20-11-8(12(21)22)5-16-14-17-13(18-19(11)14)15-4-7-1-2-9-10(3-7)24-6-23-9;/h1-3,5H,4,6H2,(H,21,22)(H2,15,16,17,18);/q;+1/p-1. The molecule has 0 unspecified atom stereocenters. The molecule has 11 heteroatoms. The molecular formula is C14H10N5NaO5. The predicted octanol–water partition coefficient (Wildman–Crippen LogP) is -3.87. The molecule has 1 aliphatic heterocycles. The molecule has 0 fully saturated rings. The summed E-state index contributed by atoms with van der Waals surface area (Å²) in [4.78, 5) is 29.5. The molecule has 0 spiro atoms. The number of nitrogens with one attached hydrogen (secondary N) is 2. The van der Waals surface area contributed by atoms with Crippen LogP contribution in [-0.4, -0.2) is 32.3 Å². The van der Waals surface area contributed by atoms with E-state index < -0.39 is 17.1 Å². The van der Waals surface area contributed by atoms with Gasteiger partial charge < -0.3 is 29.7 Å². The number of H-pyrrole nitrogens is 1. The maximum atomic E-state index is 11.9. The van der Waals surface area contributed by atoms with Gasteiger partial charge in [0.2, 0.25) is 18.5 Å². The van der Waals surface area contributed by atoms with Crippen LogP contribution in [0.25, 0.3) is 5.78 Å². The number of carbonyl (C=O) groups excluding carboxylic acids is 1. The van der Waals surface area contributed by atoms with Gasteiger partial charge in [0, 0.05) is 12.7 Å². The zero-order valence-corrected chi connectivity index (χ0v) is 15.1. The van der Waals surface area contributed by atoms with Crippen molar-refractivity contribution >= 4 is 17.7 Å². The first kappa shape index (κ1) is 17.3. The van der Waals surface area contributed by atoms with Gasteiger partial charge in [0.15, 0.2) is 11.5 Å². The number of carboxylic acid groups (broad SMARTS) is 1. The van der Waals surface area contributed by atoms with Gasteiger partial charge in [0.1, 0.15) is 0 Å². The Kier molecular flexibility index (Phi) is 4.66. The summed E-state index contributed by atoms with van der Waals surface area (Å²) in [5.41, 5.74) is -0.429. The first-order valence-corrected chi connectivity index (χ1v) is 6.94. The van der Waals surface area contributed by atoms with Gasteiger partial charge in [-0.1, -0.05) is 6.07 Å². The van der Waals surface area contributed by atoms with Gasteiger partial charge in [-0.2, -0.15) is 9.50 Å². The maximum Gasteiger partial charge on any atom is 1.00 e. The van der Waals surface area contributed by atoms with Crippen LogP contribution in [0.1, 0.15) is 15.9 Å². The molecule has 4 rings (SSSR count).